The maximum absolute atomic E-state index is 4.18. The molecule has 86 valence electrons. The van der Waals surface area contributed by atoms with Crippen LogP contribution in [0.1, 0.15) is 17.6 Å². The molecule has 2 rings (SSSR count). The summed E-state index contributed by atoms with van der Waals surface area (Å²) in [6.45, 7) is 2.96. The first-order chi connectivity index (χ1) is 7.75. The van der Waals surface area contributed by atoms with Gasteiger partial charge in [0, 0.05) is 18.0 Å². The minimum Gasteiger partial charge on any atom is -0.307 e. The van der Waals surface area contributed by atoms with E-state index >= 15 is 0 Å². The van der Waals surface area contributed by atoms with Gasteiger partial charge in [0.2, 0.25) is 0 Å². The maximum atomic E-state index is 4.18. The molecule has 1 atom stereocenters. The van der Waals surface area contributed by atoms with Crippen LogP contribution in [0.3, 0.4) is 0 Å². The molecule has 1 N–H and O–H groups in total. The molecule has 0 aliphatic carbocycles. The Morgan fingerprint density at radius 1 is 1.56 bits per heavy atom. The van der Waals surface area contributed by atoms with Crippen molar-refractivity contribution in [3.8, 4) is 0 Å². The molecule has 4 nitrogen and oxygen atoms in total. The van der Waals surface area contributed by atoms with E-state index in [1.165, 1.54) is 4.88 Å². The number of nitrogens with zero attached hydrogens (tertiary/aromatic N) is 3. The van der Waals surface area contributed by atoms with Crippen molar-refractivity contribution >= 4 is 11.3 Å². The minimum atomic E-state index is 0.454. The quantitative estimate of drug-likeness (QED) is 0.857. The first kappa shape index (κ1) is 11.3. The Kier molecular flexibility index (Phi) is 3.69. The van der Waals surface area contributed by atoms with Crippen molar-refractivity contribution in [1.29, 1.82) is 0 Å². The van der Waals surface area contributed by atoms with Crippen molar-refractivity contribution < 1.29 is 0 Å². The second kappa shape index (κ2) is 5.23. The summed E-state index contributed by atoms with van der Waals surface area (Å²) in [5.41, 5.74) is 0. The van der Waals surface area contributed by atoms with Crippen LogP contribution in [-0.4, -0.2) is 20.8 Å². The van der Waals surface area contributed by atoms with Gasteiger partial charge in [0.05, 0.1) is 6.54 Å². The smallest absolute Gasteiger partial charge is 0.140 e. The predicted molar refractivity (Wildman–Crippen MR) is 65.3 cm³/mol. The van der Waals surface area contributed by atoms with E-state index in [-0.39, 0.29) is 0 Å². The minimum absolute atomic E-state index is 0.454. The number of thiophene rings is 1. The van der Waals surface area contributed by atoms with Crippen LogP contribution < -0.4 is 5.32 Å². The number of aryl methyl sites for hydroxylation is 1. The van der Waals surface area contributed by atoms with Crippen molar-refractivity contribution in [2.24, 2.45) is 7.05 Å². The molecule has 0 aromatic carbocycles. The summed E-state index contributed by atoms with van der Waals surface area (Å²) < 4.78 is 1.80. The van der Waals surface area contributed by atoms with Crippen molar-refractivity contribution in [2.75, 3.05) is 0 Å². The van der Waals surface area contributed by atoms with Crippen molar-refractivity contribution in [3.05, 3.63) is 34.5 Å². The van der Waals surface area contributed by atoms with Crippen molar-refractivity contribution in [3.63, 3.8) is 0 Å². The van der Waals surface area contributed by atoms with Gasteiger partial charge in [-0.25, -0.2) is 4.98 Å². The van der Waals surface area contributed by atoms with E-state index in [0.717, 1.165) is 18.8 Å². The van der Waals surface area contributed by atoms with Crippen LogP contribution in [0.15, 0.2) is 23.8 Å². The Morgan fingerprint density at radius 3 is 3.06 bits per heavy atom. The molecule has 0 aliphatic heterocycles. The fraction of sp³-hybridized carbons (Fsp3) is 0.455. The zero-order valence-electron chi connectivity index (χ0n) is 9.55. The van der Waals surface area contributed by atoms with Gasteiger partial charge in [0.15, 0.2) is 0 Å². The third-order valence-electron chi connectivity index (χ3n) is 2.50. The molecule has 16 heavy (non-hydrogen) atoms. The van der Waals surface area contributed by atoms with E-state index in [0.29, 0.717) is 6.04 Å². The van der Waals surface area contributed by atoms with E-state index in [9.17, 15) is 0 Å². The van der Waals surface area contributed by atoms with Crippen LogP contribution in [0.5, 0.6) is 0 Å². The van der Waals surface area contributed by atoms with Gasteiger partial charge in [-0.2, -0.15) is 5.10 Å². The number of hydrogen-bond donors (Lipinski definition) is 1. The fourth-order valence-electron chi connectivity index (χ4n) is 1.55. The van der Waals surface area contributed by atoms with Gasteiger partial charge in [-0.15, -0.1) is 11.3 Å². The van der Waals surface area contributed by atoms with Crippen LogP contribution in [0.25, 0.3) is 0 Å². The van der Waals surface area contributed by atoms with E-state index in [1.807, 2.05) is 7.05 Å². The SMILES string of the molecule is CC(Cc1cccs1)NCc1ncnn1C. The lowest BCUT2D eigenvalue weighted by atomic mass is 10.2. The Balaban J connectivity index is 1.80. The predicted octanol–water partition coefficient (Wildman–Crippen LogP) is 1.60. The summed E-state index contributed by atoms with van der Waals surface area (Å²) in [5.74, 6) is 0.970. The van der Waals surface area contributed by atoms with Gasteiger partial charge < -0.3 is 5.32 Å². The van der Waals surface area contributed by atoms with Crippen molar-refractivity contribution in [1.82, 2.24) is 20.1 Å². The highest BCUT2D eigenvalue weighted by atomic mass is 32.1. The average molecular weight is 236 g/mol. The topological polar surface area (TPSA) is 42.7 Å². The molecular formula is C11H16N4S. The standard InChI is InChI=1S/C11H16N4S/c1-9(6-10-4-3-5-16-10)12-7-11-13-8-14-15(11)2/h3-5,8-9,12H,6-7H2,1-2H3. The normalized spacial score (nSPS) is 12.9. The molecule has 0 fully saturated rings. The maximum Gasteiger partial charge on any atom is 0.140 e. The molecule has 2 heterocycles. The number of rotatable bonds is 5. The van der Waals surface area contributed by atoms with Gasteiger partial charge in [-0.3, -0.25) is 4.68 Å². The lowest BCUT2D eigenvalue weighted by molar-refractivity contribution is 0.521. The van der Waals surface area contributed by atoms with E-state index in [2.05, 4.69) is 39.8 Å². The third kappa shape index (κ3) is 2.90. The molecule has 2 aromatic heterocycles. The number of hydrogen-bond acceptors (Lipinski definition) is 4. The largest absolute Gasteiger partial charge is 0.307 e. The highest BCUT2D eigenvalue weighted by Crippen LogP contribution is 2.11. The first-order valence-corrected chi connectivity index (χ1v) is 6.22. The van der Waals surface area contributed by atoms with Crippen LogP contribution in [0.2, 0.25) is 0 Å². The number of nitrogens with one attached hydrogen (secondary N) is 1. The van der Waals surface area contributed by atoms with Gasteiger partial charge in [0.1, 0.15) is 12.2 Å². The van der Waals surface area contributed by atoms with E-state index in [1.54, 1.807) is 22.3 Å². The lowest BCUT2D eigenvalue weighted by Crippen LogP contribution is -2.28. The molecule has 0 radical (unpaired) electrons. The Morgan fingerprint density at radius 2 is 2.44 bits per heavy atom. The van der Waals surface area contributed by atoms with Gasteiger partial charge in [-0.05, 0) is 24.8 Å². The molecular weight excluding hydrogens is 220 g/mol. The molecule has 0 saturated carbocycles. The fourth-order valence-corrected chi connectivity index (χ4v) is 2.38. The van der Waals surface area contributed by atoms with E-state index < -0.39 is 0 Å². The summed E-state index contributed by atoms with van der Waals surface area (Å²) in [6.07, 6.45) is 2.65. The molecule has 0 spiro atoms. The van der Waals surface area contributed by atoms with Crippen LogP contribution >= 0.6 is 11.3 Å². The van der Waals surface area contributed by atoms with Gasteiger partial charge in [0.25, 0.3) is 0 Å². The Hall–Kier alpha value is -1.20. The summed E-state index contributed by atoms with van der Waals surface area (Å²) in [6, 6.07) is 4.72. The third-order valence-corrected chi connectivity index (χ3v) is 3.40. The summed E-state index contributed by atoms with van der Waals surface area (Å²) in [4.78, 5) is 5.59. The van der Waals surface area contributed by atoms with E-state index in [4.69, 9.17) is 0 Å². The second-order valence-corrected chi connectivity index (χ2v) is 4.90. The first-order valence-electron chi connectivity index (χ1n) is 5.34. The van der Waals surface area contributed by atoms with Gasteiger partial charge in [-0.1, -0.05) is 6.07 Å². The molecule has 0 amide bonds. The van der Waals surface area contributed by atoms with Crippen LogP contribution in [0, 0.1) is 0 Å². The lowest BCUT2D eigenvalue weighted by Gasteiger charge is -2.12. The molecule has 0 bridgehead atoms. The zero-order chi connectivity index (χ0) is 11.4. The monoisotopic (exact) mass is 236 g/mol. The Bertz CT molecular complexity index is 421. The Labute approximate surface area is 99.3 Å². The molecule has 2 aromatic rings. The summed E-state index contributed by atoms with van der Waals surface area (Å²) >= 11 is 1.80. The summed E-state index contributed by atoms with van der Waals surface area (Å²) in [7, 11) is 1.91. The van der Waals surface area contributed by atoms with Gasteiger partial charge >= 0.3 is 0 Å². The molecule has 1 unspecified atom stereocenters. The highest BCUT2D eigenvalue weighted by Gasteiger charge is 2.06. The summed E-state index contributed by atoms with van der Waals surface area (Å²) in [5, 5.41) is 9.60. The number of aromatic nitrogens is 3. The van der Waals surface area contributed by atoms with Crippen LogP contribution in [0.4, 0.5) is 0 Å². The molecule has 5 heteroatoms. The highest BCUT2D eigenvalue weighted by molar-refractivity contribution is 7.09. The average Bonchev–Trinajstić information content (AvgIpc) is 2.87. The second-order valence-electron chi connectivity index (χ2n) is 3.87. The molecule has 0 aliphatic rings. The zero-order valence-corrected chi connectivity index (χ0v) is 10.4. The van der Waals surface area contributed by atoms with Crippen molar-refractivity contribution in [2.45, 2.75) is 25.9 Å². The molecule has 0 saturated heterocycles. The van der Waals surface area contributed by atoms with Crippen LogP contribution in [-0.2, 0) is 20.0 Å².